The number of amides is 1. The number of alkyl halides is 3. The normalized spacial score (nSPS) is 20.4. The minimum absolute atomic E-state index is 0.0475. The molecule has 0 fully saturated rings. The average molecular weight is 505 g/mol. The van der Waals surface area contributed by atoms with Gasteiger partial charge in [-0.05, 0) is 24.3 Å². The Morgan fingerprint density at radius 1 is 0.861 bits per heavy atom. The van der Waals surface area contributed by atoms with Gasteiger partial charge in [-0.15, -0.1) is 0 Å². The summed E-state index contributed by atoms with van der Waals surface area (Å²) < 4.78 is 66.3. The molecule has 36 heavy (non-hydrogen) atoms. The van der Waals surface area contributed by atoms with Crippen molar-refractivity contribution in [1.29, 1.82) is 0 Å². The van der Waals surface area contributed by atoms with Gasteiger partial charge in [0.05, 0.1) is 12.2 Å². The predicted octanol–water partition coefficient (Wildman–Crippen LogP) is 3.33. The summed E-state index contributed by atoms with van der Waals surface area (Å²) in [5, 5.41) is 22.7. The van der Waals surface area contributed by atoms with Gasteiger partial charge in [0.15, 0.2) is 23.0 Å². The molecule has 9 nitrogen and oxygen atoms in total. The third-order valence-electron chi connectivity index (χ3n) is 6.20. The molecule has 0 aliphatic carbocycles. The van der Waals surface area contributed by atoms with Gasteiger partial charge in [0.1, 0.15) is 37.9 Å². The third-order valence-corrected chi connectivity index (χ3v) is 6.20. The highest BCUT2D eigenvalue weighted by Crippen LogP contribution is 2.53. The van der Waals surface area contributed by atoms with Crippen molar-refractivity contribution >= 4 is 11.6 Å². The Balaban J connectivity index is 1.49. The fourth-order valence-corrected chi connectivity index (χ4v) is 4.57. The molecule has 2 aromatic carbocycles. The number of carbonyl (C=O) groups excluding carboxylic acids is 1. The number of aliphatic hydroxyl groups is 1. The lowest BCUT2D eigenvalue weighted by atomic mass is 9.86. The number of aromatic hydroxyl groups is 1. The summed E-state index contributed by atoms with van der Waals surface area (Å²) in [4.78, 5) is 14.8. The molecular weight excluding hydrogens is 487 g/mol. The number of phenolic OH excluding ortho intramolecular Hbond substituents is 1. The van der Waals surface area contributed by atoms with Gasteiger partial charge in [-0.2, -0.15) is 13.2 Å². The van der Waals surface area contributed by atoms with Gasteiger partial charge in [-0.25, -0.2) is 0 Å². The molecule has 1 amide bonds. The molecule has 1 atom stereocenters. The zero-order valence-corrected chi connectivity index (χ0v) is 18.4. The lowest BCUT2D eigenvalue weighted by Crippen LogP contribution is -2.41. The van der Waals surface area contributed by atoms with Crippen molar-refractivity contribution in [2.45, 2.75) is 18.3 Å². The van der Waals surface area contributed by atoms with Crippen LogP contribution in [0, 0.1) is 0 Å². The number of hydrogen-bond donors (Lipinski definition) is 2. The number of fused-ring (bicyclic) bond motifs is 3. The zero-order chi connectivity index (χ0) is 25.2. The fourth-order valence-electron chi connectivity index (χ4n) is 4.57. The molecule has 0 bridgehead atoms. The van der Waals surface area contributed by atoms with Crippen molar-refractivity contribution in [2.24, 2.45) is 0 Å². The molecule has 0 spiro atoms. The summed E-state index contributed by atoms with van der Waals surface area (Å²) in [5.41, 5.74) is -2.41. The minimum Gasteiger partial charge on any atom is -0.507 e. The third kappa shape index (κ3) is 3.32. The van der Waals surface area contributed by atoms with Gasteiger partial charge in [-0.1, -0.05) is 0 Å². The molecule has 3 aliphatic heterocycles. The molecule has 1 aromatic heterocycles. The van der Waals surface area contributed by atoms with E-state index >= 15 is 0 Å². The number of anilines is 1. The predicted molar refractivity (Wildman–Crippen MR) is 114 cm³/mol. The van der Waals surface area contributed by atoms with E-state index in [1.54, 1.807) is 0 Å². The number of benzene rings is 2. The number of phenols is 1. The van der Waals surface area contributed by atoms with Crippen molar-refractivity contribution in [3.05, 3.63) is 59.0 Å². The summed E-state index contributed by atoms with van der Waals surface area (Å²) in [6.45, 7) is 0.558. The van der Waals surface area contributed by atoms with Gasteiger partial charge in [-0.3, -0.25) is 4.79 Å². The number of hydrogen-bond acceptors (Lipinski definition) is 8. The number of nitrogens with zero attached hydrogens (tertiary/aromatic N) is 1. The van der Waals surface area contributed by atoms with Gasteiger partial charge in [0, 0.05) is 23.3 Å². The Morgan fingerprint density at radius 2 is 1.42 bits per heavy atom. The largest absolute Gasteiger partial charge is 0.507 e. The first kappa shape index (κ1) is 22.4. The number of halogens is 3. The van der Waals surface area contributed by atoms with Gasteiger partial charge in [0.25, 0.3) is 5.91 Å². The Kier molecular flexibility index (Phi) is 4.80. The lowest BCUT2D eigenvalue weighted by Gasteiger charge is -2.27. The van der Waals surface area contributed by atoms with Gasteiger partial charge < -0.3 is 38.5 Å². The monoisotopic (exact) mass is 505 g/mol. The molecular formula is C24H18F3NO8. The quantitative estimate of drug-likeness (QED) is 0.558. The highest BCUT2D eigenvalue weighted by Gasteiger charge is 2.54. The van der Waals surface area contributed by atoms with Crippen LogP contribution in [-0.2, 0) is 23.1 Å². The number of rotatable bonds is 3. The second-order valence-electron chi connectivity index (χ2n) is 8.39. The highest BCUT2D eigenvalue weighted by molar-refractivity contribution is 6.10. The van der Waals surface area contributed by atoms with E-state index in [1.165, 1.54) is 24.3 Å². The topological polar surface area (TPSA) is 111 Å². The van der Waals surface area contributed by atoms with Crippen molar-refractivity contribution in [3.8, 4) is 28.7 Å². The van der Waals surface area contributed by atoms with E-state index in [0.29, 0.717) is 5.75 Å². The molecule has 3 aliphatic rings. The van der Waals surface area contributed by atoms with Crippen LogP contribution in [-0.4, -0.2) is 42.5 Å². The van der Waals surface area contributed by atoms with Crippen molar-refractivity contribution in [3.63, 3.8) is 0 Å². The van der Waals surface area contributed by atoms with E-state index in [-0.39, 0.29) is 66.3 Å². The van der Waals surface area contributed by atoms with Crippen molar-refractivity contribution < 1.29 is 51.5 Å². The maximum Gasteiger partial charge on any atom is 0.449 e. The van der Waals surface area contributed by atoms with E-state index in [0.717, 1.165) is 17.0 Å². The summed E-state index contributed by atoms with van der Waals surface area (Å²) in [5.74, 6) is -1.71. The molecule has 0 radical (unpaired) electrons. The average Bonchev–Trinajstić information content (AvgIpc) is 3.41. The SMILES string of the molecule is O=C1N(Cc2ccc(C(F)(F)F)o2)c2cc3c(cc2C1(O)c1cc2c(cc1O)OCCO2)OCCO3. The highest BCUT2D eigenvalue weighted by atomic mass is 19.4. The van der Waals surface area contributed by atoms with Gasteiger partial charge >= 0.3 is 6.18 Å². The molecule has 0 saturated heterocycles. The number of ether oxygens (including phenoxy) is 4. The van der Waals surface area contributed by atoms with Crippen LogP contribution in [0.25, 0.3) is 0 Å². The first-order chi connectivity index (χ1) is 17.2. The summed E-state index contributed by atoms with van der Waals surface area (Å²) in [6, 6.07) is 7.29. The van der Waals surface area contributed by atoms with Crippen LogP contribution in [0.2, 0.25) is 0 Å². The lowest BCUT2D eigenvalue weighted by molar-refractivity contribution is -0.153. The molecule has 1 unspecified atom stereocenters. The molecule has 4 heterocycles. The molecule has 6 rings (SSSR count). The number of furan rings is 1. The van der Waals surface area contributed by atoms with Crippen LogP contribution in [0.15, 0.2) is 40.8 Å². The maximum absolute atomic E-state index is 13.8. The number of carbonyl (C=O) groups is 1. The Hall–Kier alpha value is -4.06. The molecule has 2 N–H and O–H groups in total. The maximum atomic E-state index is 13.8. The second kappa shape index (κ2) is 7.72. The second-order valence-corrected chi connectivity index (χ2v) is 8.39. The standard InChI is InChI=1S/C24H18F3NO8/c25-24(26,27)21-2-1-12(36-21)11-28-15-9-19-17(32-3-5-34-19)7-13(15)23(31,22(28)30)14-8-18-20(10-16(14)29)35-6-4-33-18/h1-2,7-10,29,31H,3-6,11H2. The Bertz CT molecular complexity index is 1380. The Labute approximate surface area is 201 Å². The van der Waals surface area contributed by atoms with E-state index in [4.69, 9.17) is 23.4 Å². The van der Waals surface area contributed by atoms with E-state index in [9.17, 15) is 28.2 Å². The molecule has 12 heteroatoms. The van der Waals surface area contributed by atoms with Crippen molar-refractivity contribution in [2.75, 3.05) is 31.3 Å². The van der Waals surface area contributed by atoms with E-state index in [2.05, 4.69) is 0 Å². The molecule has 188 valence electrons. The van der Waals surface area contributed by atoms with Crippen LogP contribution in [0.1, 0.15) is 22.6 Å². The van der Waals surface area contributed by atoms with Gasteiger partial charge in [0.2, 0.25) is 11.4 Å². The van der Waals surface area contributed by atoms with Crippen LogP contribution >= 0.6 is 0 Å². The summed E-state index contributed by atoms with van der Waals surface area (Å²) in [6.07, 6.45) is -4.70. The van der Waals surface area contributed by atoms with E-state index in [1.807, 2.05) is 0 Å². The van der Waals surface area contributed by atoms with Crippen molar-refractivity contribution in [1.82, 2.24) is 0 Å². The molecule has 0 saturated carbocycles. The minimum atomic E-state index is -4.70. The van der Waals surface area contributed by atoms with Crippen LogP contribution in [0.3, 0.4) is 0 Å². The smallest absolute Gasteiger partial charge is 0.449 e. The fraction of sp³-hybridized carbons (Fsp3) is 0.292. The molecule has 3 aromatic rings. The Morgan fingerprint density at radius 3 is 2.00 bits per heavy atom. The summed E-state index contributed by atoms with van der Waals surface area (Å²) >= 11 is 0. The van der Waals surface area contributed by atoms with Crippen LogP contribution in [0.5, 0.6) is 28.7 Å². The zero-order valence-electron chi connectivity index (χ0n) is 18.4. The van der Waals surface area contributed by atoms with E-state index < -0.39 is 35.7 Å². The first-order valence-corrected chi connectivity index (χ1v) is 10.9. The first-order valence-electron chi connectivity index (χ1n) is 10.9. The van der Waals surface area contributed by atoms with Crippen LogP contribution < -0.4 is 23.8 Å². The van der Waals surface area contributed by atoms with Crippen LogP contribution in [0.4, 0.5) is 18.9 Å². The summed E-state index contributed by atoms with van der Waals surface area (Å²) in [7, 11) is 0.